The predicted molar refractivity (Wildman–Crippen MR) is 86.1 cm³/mol. The quantitative estimate of drug-likeness (QED) is 0.833. The molecule has 21 heavy (non-hydrogen) atoms. The SMILES string of the molecule is CC(C)C1CCC(=O)C(Cc2ccc3ncccc3c2)C1. The zero-order valence-corrected chi connectivity index (χ0v) is 12.9. The molecule has 1 aromatic carbocycles. The number of nitrogens with zero attached hydrogens (tertiary/aromatic N) is 1. The standard InChI is InChI=1S/C19H23NO/c1-13(2)15-6-8-19(21)17(12-15)11-14-5-7-18-16(10-14)4-3-9-20-18/h3-5,7,9-10,13,15,17H,6,8,11-12H2,1-2H3. The van der Waals surface area contributed by atoms with Crippen molar-refractivity contribution in [2.75, 3.05) is 0 Å². The second-order valence-electron chi connectivity index (χ2n) is 6.68. The van der Waals surface area contributed by atoms with Crippen LogP contribution in [0.1, 0.15) is 38.7 Å². The molecule has 2 unspecified atom stereocenters. The van der Waals surface area contributed by atoms with Crippen molar-refractivity contribution in [3.05, 3.63) is 42.1 Å². The number of benzene rings is 1. The first kappa shape index (κ1) is 14.2. The summed E-state index contributed by atoms with van der Waals surface area (Å²) in [5, 5.41) is 1.17. The second kappa shape index (κ2) is 5.97. The van der Waals surface area contributed by atoms with Crippen LogP contribution in [0, 0.1) is 17.8 Å². The fourth-order valence-electron chi connectivity index (χ4n) is 3.49. The lowest BCUT2D eigenvalue weighted by molar-refractivity contribution is -0.125. The molecule has 1 fully saturated rings. The molecular formula is C19H23NO. The van der Waals surface area contributed by atoms with Crippen molar-refractivity contribution in [3.8, 4) is 0 Å². The van der Waals surface area contributed by atoms with Crippen molar-refractivity contribution in [3.63, 3.8) is 0 Å². The van der Waals surface area contributed by atoms with Gasteiger partial charge in [-0.1, -0.05) is 26.0 Å². The van der Waals surface area contributed by atoms with Gasteiger partial charge in [0, 0.05) is 23.9 Å². The summed E-state index contributed by atoms with van der Waals surface area (Å²) >= 11 is 0. The topological polar surface area (TPSA) is 30.0 Å². The minimum absolute atomic E-state index is 0.209. The third kappa shape index (κ3) is 3.15. The highest BCUT2D eigenvalue weighted by Crippen LogP contribution is 2.33. The highest BCUT2D eigenvalue weighted by molar-refractivity contribution is 5.83. The Morgan fingerprint density at radius 1 is 1.29 bits per heavy atom. The minimum atomic E-state index is 0.209. The summed E-state index contributed by atoms with van der Waals surface area (Å²) in [4.78, 5) is 16.6. The number of fused-ring (bicyclic) bond motifs is 1. The number of aromatic nitrogens is 1. The van der Waals surface area contributed by atoms with E-state index in [4.69, 9.17) is 0 Å². The summed E-state index contributed by atoms with van der Waals surface area (Å²) in [7, 11) is 0. The van der Waals surface area contributed by atoms with Crippen LogP contribution >= 0.6 is 0 Å². The summed E-state index contributed by atoms with van der Waals surface area (Å²) in [6, 6.07) is 10.4. The normalized spacial score (nSPS) is 22.9. The molecule has 0 bridgehead atoms. The molecule has 2 nitrogen and oxygen atoms in total. The van der Waals surface area contributed by atoms with Gasteiger partial charge in [-0.15, -0.1) is 0 Å². The number of hydrogen-bond acceptors (Lipinski definition) is 2. The molecule has 1 aliphatic rings. The van der Waals surface area contributed by atoms with Gasteiger partial charge in [-0.2, -0.15) is 0 Å². The molecule has 1 aromatic heterocycles. The van der Waals surface area contributed by atoms with E-state index >= 15 is 0 Å². The lowest BCUT2D eigenvalue weighted by Crippen LogP contribution is -2.28. The maximum Gasteiger partial charge on any atom is 0.136 e. The molecule has 0 spiro atoms. The fraction of sp³-hybridized carbons (Fsp3) is 0.474. The van der Waals surface area contributed by atoms with E-state index in [2.05, 4.69) is 43.1 Å². The van der Waals surface area contributed by atoms with Crippen LogP contribution in [0.5, 0.6) is 0 Å². The molecule has 0 aliphatic heterocycles. The van der Waals surface area contributed by atoms with Crippen molar-refractivity contribution in [2.24, 2.45) is 17.8 Å². The molecule has 1 aliphatic carbocycles. The Hall–Kier alpha value is -1.70. The van der Waals surface area contributed by atoms with Crippen molar-refractivity contribution in [2.45, 2.75) is 39.5 Å². The number of rotatable bonds is 3. The van der Waals surface area contributed by atoms with Gasteiger partial charge in [0.05, 0.1) is 5.52 Å². The zero-order chi connectivity index (χ0) is 14.8. The highest BCUT2D eigenvalue weighted by atomic mass is 16.1. The van der Waals surface area contributed by atoms with E-state index < -0.39 is 0 Å². The molecule has 0 amide bonds. The van der Waals surface area contributed by atoms with Gasteiger partial charge < -0.3 is 0 Å². The molecule has 1 heterocycles. The maximum atomic E-state index is 12.2. The lowest BCUT2D eigenvalue weighted by atomic mass is 9.73. The van der Waals surface area contributed by atoms with Crippen molar-refractivity contribution < 1.29 is 4.79 Å². The summed E-state index contributed by atoms with van der Waals surface area (Å²) in [5.74, 6) is 2.05. The molecule has 2 atom stereocenters. The third-order valence-corrected chi connectivity index (χ3v) is 4.90. The number of carbonyl (C=O) groups is 1. The third-order valence-electron chi connectivity index (χ3n) is 4.90. The van der Waals surface area contributed by atoms with Crippen molar-refractivity contribution in [1.29, 1.82) is 0 Å². The second-order valence-corrected chi connectivity index (χ2v) is 6.68. The summed E-state index contributed by atoms with van der Waals surface area (Å²) < 4.78 is 0. The molecule has 1 saturated carbocycles. The van der Waals surface area contributed by atoms with Crippen LogP contribution in [0.3, 0.4) is 0 Å². The molecule has 3 rings (SSSR count). The summed E-state index contributed by atoms with van der Waals surface area (Å²) in [6.07, 6.45) is 5.60. The van der Waals surface area contributed by atoms with Crippen LogP contribution in [0.4, 0.5) is 0 Å². The Morgan fingerprint density at radius 3 is 2.95 bits per heavy atom. The van der Waals surface area contributed by atoms with Crippen LogP contribution in [0.15, 0.2) is 36.5 Å². The Bertz CT molecular complexity index is 647. The van der Waals surface area contributed by atoms with Gasteiger partial charge in [0.15, 0.2) is 0 Å². The molecule has 0 saturated heterocycles. The molecular weight excluding hydrogens is 258 g/mol. The van der Waals surface area contributed by atoms with Crippen molar-refractivity contribution in [1.82, 2.24) is 4.98 Å². The van der Waals surface area contributed by atoms with E-state index in [0.717, 1.165) is 31.2 Å². The molecule has 0 N–H and O–H groups in total. The van der Waals surface area contributed by atoms with Gasteiger partial charge in [0.2, 0.25) is 0 Å². The van der Waals surface area contributed by atoms with Gasteiger partial charge in [0.1, 0.15) is 5.78 Å². The molecule has 0 radical (unpaired) electrons. The first-order valence-electron chi connectivity index (χ1n) is 8.00. The largest absolute Gasteiger partial charge is 0.299 e. The molecule has 110 valence electrons. The van der Waals surface area contributed by atoms with Gasteiger partial charge in [-0.3, -0.25) is 9.78 Å². The Balaban J connectivity index is 1.78. The van der Waals surface area contributed by atoms with Crippen molar-refractivity contribution >= 4 is 16.7 Å². The number of pyridine rings is 1. The molecule has 2 aromatic rings. The number of ketones is 1. The van der Waals surface area contributed by atoms with Gasteiger partial charge in [-0.25, -0.2) is 0 Å². The average Bonchev–Trinajstić information content (AvgIpc) is 2.49. The maximum absolute atomic E-state index is 12.2. The average molecular weight is 281 g/mol. The summed E-state index contributed by atoms with van der Waals surface area (Å²) in [5.41, 5.74) is 2.29. The van der Waals surface area contributed by atoms with E-state index in [9.17, 15) is 4.79 Å². The van der Waals surface area contributed by atoms with E-state index in [1.807, 2.05) is 12.3 Å². The minimum Gasteiger partial charge on any atom is -0.299 e. The van der Waals surface area contributed by atoms with Crippen LogP contribution < -0.4 is 0 Å². The molecule has 2 heteroatoms. The van der Waals surface area contributed by atoms with E-state index in [1.165, 1.54) is 10.9 Å². The van der Waals surface area contributed by atoms with Gasteiger partial charge >= 0.3 is 0 Å². The fourth-order valence-corrected chi connectivity index (χ4v) is 3.49. The van der Waals surface area contributed by atoms with E-state index in [1.54, 1.807) is 0 Å². The van der Waals surface area contributed by atoms with Gasteiger partial charge in [0.25, 0.3) is 0 Å². The first-order valence-corrected chi connectivity index (χ1v) is 8.00. The Morgan fingerprint density at radius 2 is 2.14 bits per heavy atom. The monoisotopic (exact) mass is 281 g/mol. The number of carbonyl (C=O) groups excluding carboxylic acids is 1. The Kier molecular flexibility index (Phi) is 4.05. The predicted octanol–water partition coefficient (Wildman–Crippen LogP) is 4.42. The van der Waals surface area contributed by atoms with E-state index in [0.29, 0.717) is 17.6 Å². The van der Waals surface area contributed by atoms with Crippen LogP contribution in [0.2, 0.25) is 0 Å². The Labute approximate surface area is 126 Å². The first-order chi connectivity index (χ1) is 10.1. The van der Waals surface area contributed by atoms with Gasteiger partial charge in [-0.05, 0) is 54.9 Å². The number of hydrogen-bond donors (Lipinski definition) is 0. The van der Waals surface area contributed by atoms with Crippen LogP contribution in [-0.2, 0) is 11.2 Å². The highest BCUT2D eigenvalue weighted by Gasteiger charge is 2.30. The number of Topliss-reactive ketones (excluding diaryl/α,β-unsaturated/α-hetero) is 1. The lowest BCUT2D eigenvalue weighted by Gasteiger charge is -2.30. The zero-order valence-electron chi connectivity index (χ0n) is 12.9. The van der Waals surface area contributed by atoms with Crippen LogP contribution in [-0.4, -0.2) is 10.8 Å². The summed E-state index contributed by atoms with van der Waals surface area (Å²) in [6.45, 7) is 4.55. The van der Waals surface area contributed by atoms with E-state index in [-0.39, 0.29) is 5.92 Å². The van der Waals surface area contributed by atoms with Crippen LogP contribution in [0.25, 0.3) is 10.9 Å². The smallest absolute Gasteiger partial charge is 0.136 e.